The van der Waals surface area contributed by atoms with Crippen molar-refractivity contribution in [2.24, 2.45) is 11.8 Å². The van der Waals surface area contributed by atoms with Crippen molar-refractivity contribution in [2.45, 2.75) is 62.1 Å². The second-order valence-corrected chi connectivity index (χ2v) is 15.1. The van der Waals surface area contributed by atoms with Crippen LogP contribution in [0.15, 0.2) is 48.6 Å². The fourth-order valence-corrected chi connectivity index (χ4v) is 8.84. The van der Waals surface area contributed by atoms with Crippen molar-refractivity contribution in [1.82, 2.24) is 4.72 Å². The van der Waals surface area contributed by atoms with E-state index in [2.05, 4.69) is 21.8 Å². The number of halogens is 1. The minimum Gasteiger partial charge on any atom is -0.490 e. The van der Waals surface area contributed by atoms with Crippen molar-refractivity contribution in [3.8, 4) is 5.75 Å². The highest BCUT2D eigenvalue weighted by molar-refractivity contribution is 7.90. The number of aryl methyl sites for hydroxylation is 1. The number of fused-ring (bicyclic) bond motifs is 7. The van der Waals surface area contributed by atoms with Crippen molar-refractivity contribution < 1.29 is 27.8 Å². The number of amides is 1. The molecule has 4 bridgehead atoms. The van der Waals surface area contributed by atoms with Gasteiger partial charge in [0.15, 0.2) is 0 Å². The van der Waals surface area contributed by atoms with Crippen LogP contribution < -0.4 is 14.4 Å². The number of hydrogen-bond donors (Lipinski definition) is 2. The second-order valence-electron chi connectivity index (χ2n) is 12.9. The molecule has 2 aromatic carbocycles. The number of anilines is 1. The minimum absolute atomic E-state index is 0.100. The van der Waals surface area contributed by atoms with Gasteiger partial charge in [-0.1, -0.05) is 29.8 Å². The van der Waals surface area contributed by atoms with Crippen molar-refractivity contribution >= 4 is 33.2 Å². The predicted molar refractivity (Wildman–Crippen MR) is 161 cm³/mol. The summed E-state index contributed by atoms with van der Waals surface area (Å²) in [7, 11) is -3.96. The summed E-state index contributed by atoms with van der Waals surface area (Å²) in [6.07, 6.45) is 8.83. The zero-order valence-corrected chi connectivity index (χ0v) is 25.1. The number of carbonyl (C=O) groups is 1. The first-order chi connectivity index (χ1) is 20.1. The smallest absolute Gasteiger partial charge is 0.264 e. The van der Waals surface area contributed by atoms with Crippen molar-refractivity contribution in [3.05, 3.63) is 70.3 Å². The maximum Gasteiger partial charge on any atom is 0.264 e. The lowest BCUT2D eigenvalue weighted by atomic mass is 9.66. The Hall–Kier alpha value is -2.59. The molecule has 0 aromatic heterocycles. The molecule has 2 N–H and O–H groups in total. The third kappa shape index (κ3) is 5.23. The maximum absolute atomic E-state index is 13.2. The molecule has 5 atom stereocenters. The van der Waals surface area contributed by atoms with Crippen LogP contribution in [0.2, 0.25) is 5.02 Å². The van der Waals surface area contributed by atoms with Gasteiger partial charge in [-0.25, -0.2) is 13.1 Å². The first kappa shape index (κ1) is 28.2. The molecule has 5 aliphatic rings. The van der Waals surface area contributed by atoms with E-state index >= 15 is 0 Å². The van der Waals surface area contributed by atoms with E-state index in [-0.39, 0.29) is 23.0 Å². The molecular formula is C32H37ClN2O6S. The molecule has 1 saturated heterocycles. The van der Waals surface area contributed by atoms with E-state index < -0.39 is 27.3 Å². The van der Waals surface area contributed by atoms with E-state index in [1.54, 1.807) is 24.3 Å². The Morgan fingerprint density at radius 3 is 2.83 bits per heavy atom. The molecule has 3 heterocycles. The van der Waals surface area contributed by atoms with Crippen molar-refractivity contribution in [3.63, 3.8) is 0 Å². The van der Waals surface area contributed by atoms with Gasteiger partial charge in [0.1, 0.15) is 5.75 Å². The maximum atomic E-state index is 13.2. The fourth-order valence-electron chi connectivity index (χ4n) is 7.81. The molecule has 10 heteroatoms. The van der Waals surface area contributed by atoms with Crippen LogP contribution in [0, 0.1) is 11.8 Å². The molecule has 0 radical (unpaired) electrons. The molecular weight excluding hydrogens is 576 g/mol. The molecule has 0 unspecified atom stereocenters. The van der Waals surface area contributed by atoms with Crippen molar-refractivity contribution in [2.75, 3.05) is 37.0 Å². The highest BCUT2D eigenvalue weighted by atomic mass is 35.5. The quantitative estimate of drug-likeness (QED) is 0.426. The van der Waals surface area contributed by atoms with Crippen LogP contribution in [0.5, 0.6) is 5.75 Å². The summed E-state index contributed by atoms with van der Waals surface area (Å²) in [5, 5.41) is 12.1. The Morgan fingerprint density at radius 2 is 2.00 bits per heavy atom. The van der Waals surface area contributed by atoms with Crippen LogP contribution in [0.4, 0.5) is 5.69 Å². The van der Waals surface area contributed by atoms with E-state index in [0.717, 1.165) is 49.4 Å². The summed E-state index contributed by atoms with van der Waals surface area (Å²) in [6, 6.07) is 11.4. The number of sulfonamides is 1. The Kier molecular flexibility index (Phi) is 7.08. The fraction of sp³-hybridized carbons (Fsp3) is 0.531. The first-order valence-electron chi connectivity index (χ1n) is 15.0. The van der Waals surface area contributed by atoms with E-state index in [4.69, 9.17) is 21.1 Å². The average molecular weight is 613 g/mol. The zero-order valence-electron chi connectivity index (χ0n) is 23.6. The van der Waals surface area contributed by atoms with Gasteiger partial charge in [-0.15, -0.1) is 0 Å². The lowest BCUT2D eigenvalue weighted by Crippen LogP contribution is -2.52. The van der Waals surface area contributed by atoms with Gasteiger partial charge in [0.25, 0.3) is 5.91 Å². The molecule has 224 valence electrons. The third-order valence-electron chi connectivity index (χ3n) is 10.1. The average Bonchev–Trinajstić information content (AvgIpc) is 3.07. The van der Waals surface area contributed by atoms with E-state index in [0.29, 0.717) is 44.3 Å². The number of carbonyl (C=O) groups excluding carboxylic acids is 1. The lowest BCUT2D eigenvalue weighted by Gasteiger charge is -2.48. The minimum atomic E-state index is -3.96. The second kappa shape index (κ2) is 10.5. The third-order valence-corrected chi connectivity index (χ3v) is 11.5. The van der Waals surface area contributed by atoms with Crippen LogP contribution in [0.25, 0.3) is 0 Å². The van der Waals surface area contributed by atoms with Gasteiger partial charge in [-0.3, -0.25) is 4.79 Å². The normalized spacial score (nSPS) is 34.6. The predicted octanol–water partition coefficient (Wildman–Crippen LogP) is 4.38. The van der Waals surface area contributed by atoms with Gasteiger partial charge in [0.2, 0.25) is 10.0 Å². The zero-order chi connectivity index (χ0) is 29.1. The lowest BCUT2D eigenvalue weighted by molar-refractivity contribution is -0.125. The van der Waals surface area contributed by atoms with Crippen LogP contribution in [0.1, 0.15) is 60.0 Å². The summed E-state index contributed by atoms with van der Waals surface area (Å²) in [4.78, 5) is 15.6. The Labute approximate surface area is 252 Å². The topological polar surface area (TPSA) is 105 Å². The number of hydrogen-bond acceptors (Lipinski definition) is 7. The van der Waals surface area contributed by atoms with Crippen LogP contribution >= 0.6 is 11.6 Å². The van der Waals surface area contributed by atoms with Gasteiger partial charge in [-0.2, -0.15) is 0 Å². The molecule has 2 aliphatic carbocycles. The van der Waals surface area contributed by atoms with Gasteiger partial charge in [0.05, 0.1) is 36.4 Å². The number of nitrogens with one attached hydrogen (secondary N) is 1. The highest BCUT2D eigenvalue weighted by Gasteiger charge is 2.47. The highest BCUT2D eigenvalue weighted by Crippen LogP contribution is 2.48. The van der Waals surface area contributed by atoms with E-state index in [1.807, 2.05) is 6.07 Å². The number of ether oxygens (including phenoxy) is 2. The number of rotatable bonds is 0. The Bertz CT molecular complexity index is 1550. The van der Waals surface area contributed by atoms with E-state index in [9.17, 15) is 18.3 Å². The molecule has 8 nitrogen and oxygen atoms in total. The molecule has 42 heavy (non-hydrogen) atoms. The number of nitrogens with zero attached hydrogens (tertiary/aromatic N) is 1. The molecule has 3 aliphatic heterocycles. The van der Waals surface area contributed by atoms with Crippen molar-refractivity contribution in [1.29, 1.82) is 0 Å². The Morgan fingerprint density at radius 1 is 1.12 bits per heavy atom. The molecule has 1 amide bonds. The summed E-state index contributed by atoms with van der Waals surface area (Å²) in [5.74, 6) is 0.250. The van der Waals surface area contributed by atoms with Crippen LogP contribution in [-0.4, -0.2) is 63.2 Å². The monoisotopic (exact) mass is 612 g/mol. The van der Waals surface area contributed by atoms with Crippen LogP contribution in [-0.2, 0) is 26.6 Å². The SMILES string of the molecule is O=C1NS(=O)(=O)C/C=C\[C@]2(O)CCO[C@H](C2)[C@@H]2CC[C@H]2CN2C[C@@]3(CCCc4cc(Cl)ccc43)COc3ccc1cc32. The molecule has 1 spiro atoms. The van der Waals surface area contributed by atoms with Crippen LogP contribution in [0.3, 0.4) is 0 Å². The number of aliphatic hydroxyl groups is 1. The van der Waals surface area contributed by atoms with Gasteiger partial charge in [0, 0.05) is 41.9 Å². The van der Waals surface area contributed by atoms with E-state index in [1.165, 1.54) is 17.2 Å². The summed E-state index contributed by atoms with van der Waals surface area (Å²) in [5.41, 5.74) is 2.20. The first-order valence-corrected chi connectivity index (χ1v) is 17.0. The summed E-state index contributed by atoms with van der Waals surface area (Å²) >= 11 is 6.39. The standard InChI is InChI=1S/C32H37ClN2O6S/c33-24-6-8-26-21(15-24)3-1-10-31(26)19-35-18-23-4-7-25(23)29-17-32(37,12-13-40-29)11-2-14-42(38,39)34-30(36)22-5-9-28(41-20-31)27(35)16-22/h2,5-6,8-9,11,15-16,23,25,29,37H,1,3-4,7,10,12-14,17-20H2,(H,34,36)/b11-2-/t23-,25+,29+,31-,32-/m0/s1. The molecule has 2 aromatic rings. The van der Waals surface area contributed by atoms with Gasteiger partial charge in [-0.05, 0) is 85.4 Å². The molecule has 7 rings (SSSR count). The molecule has 2 fully saturated rings. The number of benzene rings is 2. The van der Waals surface area contributed by atoms with Gasteiger partial charge >= 0.3 is 0 Å². The summed E-state index contributed by atoms with van der Waals surface area (Å²) < 4.78 is 40.6. The van der Waals surface area contributed by atoms with Gasteiger partial charge < -0.3 is 19.5 Å². The Balaban J connectivity index is 1.30. The molecule has 1 saturated carbocycles. The summed E-state index contributed by atoms with van der Waals surface area (Å²) in [6.45, 7) is 2.39. The largest absolute Gasteiger partial charge is 0.490 e.